The van der Waals surface area contributed by atoms with Gasteiger partial charge in [0.05, 0.1) is 11.0 Å². The molecule has 0 unspecified atom stereocenters. The van der Waals surface area contributed by atoms with Crippen molar-refractivity contribution in [2.24, 2.45) is 0 Å². The van der Waals surface area contributed by atoms with Crippen LogP contribution >= 0.6 is 0 Å². The summed E-state index contributed by atoms with van der Waals surface area (Å²) in [4.78, 5) is 24.5. The Morgan fingerprint density at radius 2 is 0.529 bits per heavy atom. The van der Waals surface area contributed by atoms with E-state index in [-0.39, 0.29) is 0 Å². The van der Waals surface area contributed by atoms with E-state index in [0.717, 1.165) is 94.1 Å². The highest BCUT2D eigenvalue weighted by Gasteiger charge is 2.15. The maximum atomic E-state index is 5.17. The van der Waals surface area contributed by atoms with Crippen LogP contribution in [0.3, 0.4) is 0 Å². The third-order valence-corrected chi connectivity index (χ3v) is 12.7. The molecule has 0 atom stereocenters. The second-order valence-electron chi connectivity index (χ2n) is 16.9. The topological polar surface area (TPSA) is 64.5 Å². The van der Waals surface area contributed by atoms with Gasteiger partial charge in [-0.15, -0.1) is 0 Å². The molecule has 0 spiro atoms. The number of hydrogen-bond acceptors (Lipinski definition) is 5. The molecule has 3 heterocycles. The number of benzene rings is 9. The van der Waals surface area contributed by atoms with Crippen LogP contribution < -0.4 is 0 Å². The average Bonchev–Trinajstić information content (AvgIpc) is 3.43. The summed E-state index contributed by atoms with van der Waals surface area (Å²) in [6, 6.07) is 83.0. The molecule has 0 saturated heterocycles. The monoisotopic (exact) mass is 867 g/mol. The molecule has 9 aromatic carbocycles. The average molecular weight is 868 g/mol. The summed E-state index contributed by atoms with van der Waals surface area (Å²) >= 11 is 0. The number of pyridine rings is 2. The lowest BCUT2D eigenvalue weighted by molar-refractivity contribution is 1.07. The van der Waals surface area contributed by atoms with Crippen LogP contribution in [0.4, 0.5) is 0 Å². The first-order valence-corrected chi connectivity index (χ1v) is 22.8. The molecule has 12 aromatic rings. The Kier molecular flexibility index (Phi) is 10.5. The van der Waals surface area contributed by atoms with Crippen molar-refractivity contribution >= 4 is 21.8 Å². The lowest BCUT2D eigenvalue weighted by Gasteiger charge is -2.12. The van der Waals surface area contributed by atoms with E-state index in [0.29, 0.717) is 17.5 Å². The molecule has 0 fully saturated rings. The van der Waals surface area contributed by atoms with Gasteiger partial charge >= 0.3 is 0 Å². The Labute approximate surface area is 394 Å². The molecule has 0 amide bonds. The van der Waals surface area contributed by atoms with Crippen LogP contribution in [0.2, 0.25) is 0 Å². The fourth-order valence-electron chi connectivity index (χ4n) is 9.18. The summed E-state index contributed by atoms with van der Waals surface area (Å²) in [6.07, 6.45) is 3.68. The third kappa shape index (κ3) is 7.99. The second kappa shape index (κ2) is 17.7. The number of aromatic nitrogens is 5. The molecule has 68 heavy (non-hydrogen) atoms. The van der Waals surface area contributed by atoms with Crippen molar-refractivity contribution in [1.29, 1.82) is 0 Å². The summed E-state index contributed by atoms with van der Waals surface area (Å²) in [5.41, 5.74) is 18.4. The number of hydrogen-bond donors (Lipinski definition) is 0. The van der Waals surface area contributed by atoms with Gasteiger partial charge in [0.2, 0.25) is 0 Å². The number of nitrogens with zero attached hydrogens (tertiary/aromatic N) is 5. The Bertz CT molecular complexity index is 3550. The summed E-state index contributed by atoms with van der Waals surface area (Å²) < 4.78 is 0. The van der Waals surface area contributed by atoms with Gasteiger partial charge in [0.15, 0.2) is 17.5 Å². The Morgan fingerprint density at radius 3 is 0.956 bits per heavy atom. The largest absolute Gasteiger partial charge is 0.256 e. The van der Waals surface area contributed by atoms with E-state index in [2.05, 4.69) is 204 Å². The molecule has 0 aliphatic heterocycles. The van der Waals surface area contributed by atoms with Crippen molar-refractivity contribution in [3.63, 3.8) is 0 Å². The fourth-order valence-corrected chi connectivity index (χ4v) is 9.18. The van der Waals surface area contributed by atoms with Crippen LogP contribution in [-0.2, 0) is 0 Å². The highest BCUT2D eigenvalue weighted by molar-refractivity contribution is 5.96. The van der Waals surface area contributed by atoms with Gasteiger partial charge in [-0.25, -0.2) is 15.0 Å². The van der Waals surface area contributed by atoms with Crippen LogP contribution in [0, 0.1) is 0 Å². The molecule has 0 aliphatic rings. The zero-order valence-electron chi connectivity index (χ0n) is 36.9. The second-order valence-corrected chi connectivity index (χ2v) is 16.9. The first-order chi connectivity index (χ1) is 33.7. The van der Waals surface area contributed by atoms with Crippen LogP contribution in [0.25, 0.3) is 123 Å². The van der Waals surface area contributed by atoms with Crippen molar-refractivity contribution in [3.8, 4) is 101 Å². The quantitative estimate of drug-likeness (QED) is 0.145. The molecule has 5 nitrogen and oxygen atoms in total. The van der Waals surface area contributed by atoms with E-state index in [4.69, 9.17) is 15.0 Å². The Morgan fingerprint density at radius 1 is 0.206 bits per heavy atom. The minimum Gasteiger partial charge on any atom is -0.256 e. The van der Waals surface area contributed by atoms with Gasteiger partial charge < -0.3 is 0 Å². The molecule has 0 saturated carbocycles. The Balaban J connectivity index is 0.850. The maximum absolute atomic E-state index is 5.17. The summed E-state index contributed by atoms with van der Waals surface area (Å²) in [7, 11) is 0. The molecular formula is C63H41N5. The maximum Gasteiger partial charge on any atom is 0.164 e. The standard InChI is InChI=1S/C63H41N5/c1-2-12-46(13-3-1)61-66-62(53-20-6-18-51(40-53)49-16-4-14-47(38-49)42-28-32-44(33-29-42)55-22-8-26-59-57(55)24-10-36-64-59)68-63(67-61)54-21-7-19-52(41-54)50-17-5-15-48(39-50)43-30-34-45(35-31-43)56-23-9-27-60-58(56)25-11-37-65-60/h1-41H. The summed E-state index contributed by atoms with van der Waals surface area (Å²) in [6.45, 7) is 0. The van der Waals surface area contributed by atoms with E-state index in [1.807, 2.05) is 54.9 Å². The Hall–Kier alpha value is -9.19. The molecule has 0 bridgehead atoms. The number of fused-ring (bicyclic) bond motifs is 2. The zero-order valence-corrected chi connectivity index (χ0v) is 36.9. The van der Waals surface area contributed by atoms with E-state index < -0.39 is 0 Å². The van der Waals surface area contributed by atoms with E-state index in [1.54, 1.807) is 0 Å². The van der Waals surface area contributed by atoms with Crippen molar-refractivity contribution in [2.75, 3.05) is 0 Å². The van der Waals surface area contributed by atoms with E-state index in [1.165, 1.54) is 11.1 Å². The fraction of sp³-hybridized carbons (Fsp3) is 0. The normalized spacial score (nSPS) is 11.2. The van der Waals surface area contributed by atoms with Gasteiger partial charge in [0.1, 0.15) is 0 Å². The van der Waals surface area contributed by atoms with E-state index >= 15 is 0 Å². The minimum atomic E-state index is 0.613. The third-order valence-electron chi connectivity index (χ3n) is 12.7. The molecule has 0 N–H and O–H groups in total. The predicted octanol–water partition coefficient (Wildman–Crippen LogP) is 16.0. The van der Waals surface area contributed by atoms with Crippen molar-refractivity contribution < 1.29 is 0 Å². The zero-order chi connectivity index (χ0) is 45.2. The van der Waals surface area contributed by atoms with Crippen LogP contribution in [0.5, 0.6) is 0 Å². The lowest BCUT2D eigenvalue weighted by atomic mass is 9.95. The molecule has 5 heteroatoms. The molecule has 0 radical (unpaired) electrons. The smallest absolute Gasteiger partial charge is 0.164 e. The van der Waals surface area contributed by atoms with E-state index in [9.17, 15) is 0 Å². The lowest BCUT2D eigenvalue weighted by Crippen LogP contribution is -2.00. The van der Waals surface area contributed by atoms with Crippen LogP contribution in [-0.4, -0.2) is 24.9 Å². The highest BCUT2D eigenvalue weighted by atomic mass is 15.0. The highest BCUT2D eigenvalue weighted by Crippen LogP contribution is 2.36. The number of rotatable bonds is 9. The van der Waals surface area contributed by atoms with Crippen molar-refractivity contribution in [1.82, 2.24) is 24.9 Å². The van der Waals surface area contributed by atoms with Gasteiger partial charge in [-0.1, -0.05) is 188 Å². The van der Waals surface area contributed by atoms with Gasteiger partial charge in [-0.2, -0.15) is 0 Å². The van der Waals surface area contributed by atoms with Gasteiger partial charge in [0.25, 0.3) is 0 Å². The molecule has 0 aliphatic carbocycles. The van der Waals surface area contributed by atoms with Gasteiger partial charge in [-0.3, -0.25) is 9.97 Å². The molecule has 12 rings (SSSR count). The predicted molar refractivity (Wildman–Crippen MR) is 279 cm³/mol. The van der Waals surface area contributed by atoms with Gasteiger partial charge in [-0.05, 0) is 115 Å². The SMILES string of the molecule is c1ccc(-c2nc(-c3cccc(-c4cccc(-c5ccc(-c6cccc7ncccc67)cc5)c4)c3)nc(-c3cccc(-c4cccc(-c5ccc(-c6cccc7ncccc67)cc5)c4)c3)n2)cc1. The van der Waals surface area contributed by atoms with Crippen molar-refractivity contribution in [3.05, 3.63) is 249 Å². The first-order valence-electron chi connectivity index (χ1n) is 22.8. The minimum absolute atomic E-state index is 0.613. The first kappa shape index (κ1) is 40.3. The molecule has 3 aromatic heterocycles. The summed E-state index contributed by atoms with van der Waals surface area (Å²) in [5.74, 6) is 1.85. The van der Waals surface area contributed by atoms with Crippen molar-refractivity contribution in [2.45, 2.75) is 0 Å². The molecule has 318 valence electrons. The summed E-state index contributed by atoms with van der Waals surface area (Å²) in [5, 5.41) is 2.30. The van der Waals surface area contributed by atoms with Crippen LogP contribution in [0.15, 0.2) is 249 Å². The van der Waals surface area contributed by atoms with Gasteiger partial charge in [0, 0.05) is 39.9 Å². The molecular weight excluding hydrogens is 827 g/mol. The van der Waals surface area contributed by atoms with Crippen LogP contribution in [0.1, 0.15) is 0 Å².